The fraction of sp³-hybridized carbons (Fsp3) is 0.625. The molecule has 7 heteroatoms. The third kappa shape index (κ3) is 24.5. The van der Waals surface area contributed by atoms with Gasteiger partial charge in [-0.25, -0.2) is 4.79 Å². The van der Waals surface area contributed by atoms with E-state index in [0.29, 0.717) is 6.61 Å². The minimum atomic E-state index is -0.948. The Morgan fingerprint density at radius 2 is 1.53 bits per heavy atom. The van der Waals surface area contributed by atoms with Crippen molar-refractivity contribution >= 4 is 18.0 Å². The van der Waals surface area contributed by atoms with Crippen molar-refractivity contribution in [2.75, 3.05) is 6.61 Å². The van der Waals surface area contributed by atoms with Crippen LogP contribution in [-0.4, -0.2) is 34.9 Å². The Morgan fingerprint density at radius 3 is 1.67 bits per heavy atom. The molecule has 1 amide bonds. The Hall–Kier alpha value is -1.79. The molecule has 15 heavy (non-hydrogen) atoms. The number of hydrogen-bond donors (Lipinski definition) is 3. The van der Waals surface area contributed by atoms with Crippen molar-refractivity contribution in [2.45, 2.75) is 26.2 Å². The predicted molar refractivity (Wildman–Crippen MR) is 50.3 cm³/mol. The predicted octanol–water partition coefficient (Wildman–Crippen LogP) is 0.427. The largest absolute Gasteiger partial charge is 0.481 e. The quantitative estimate of drug-likeness (QED) is 0.617. The fourth-order valence-corrected chi connectivity index (χ4v) is 0.533. The molecule has 0 aromatic heterocycles. The molecule has 0 saturated heterocycles. The van der Waals surface area contributed by atoms with E-state index in [0.717, 1.165) is 0 Å². The zero-order chi connectivity index (χ0) is 12.3. The van der Waals surface area contributed by atoms with Crippen LogP contribution in [0.25, 0.3) is 0 Å². The van der Waals surface area contributed by atoms with Crippen LogP contribution in [0.2, 0.25) is 0 Å². The summed E-state index contributed by atoms with van der Waals surface area (Å²) in [5, 5.41) is 16.1. The van der Waals surface area contributed by atoms with E-state index in [1.807, 2.05) is 0 Å². The number of ether oxygens (including phenoxy) is 1. The lowest BCUT2D eigenvalue weighted by Crippen LogP contribution is -2.11. The van der Waals surface area contributed by atoms with Gasteiger partial charge >= 0.3 is 18.0 Å². The van der Waals surface area contributed by atoms with E-state index in [2.05, 4.69) is 10.5 Å². The number of carboxylic acid groups (broad SMARTS) is 2. The molecule has 4 N–H and O–H groups in total. The zero-order valence-corrected chi connectivity index (χ0v) is 8.43. The van der Waals surface area contributed by atoms with Crippen molar-refractivity contribution in [3.63, 3.8) is 0 Å². The monoisotopic (exact) mass is 221 g/mol. The number of carboxylic acids is 2. The van der Waals surface area contributed by atoms with Crippen molar-refractivity contribution < 1.29 is 29.3 Å². The molecule has 0 aliphatic carbocycles. The molecule has 0 aliphatic rings. The first-order chi connectivity index (χ1) is 6.90. The Morgan fingerprint density at radius 1 is 1.13 bits per heavy atom. The lowest BCUT2D eigenvalue weighted by atomic mass is 10.2. The van der Waals surface area contributed by atoms with E-state index in [4.69, 9.17) is 10.2 Å². The average Bonchev–Trinajstić information content (AvgIpc) is 2.03. The second kappa shape index (κ2) is 10.3. The fourth-order valence-electron chi connectivity index (χ4n) is 0.533. The zero-order valence-electron chi connectivity index (χ0n) is 8.43. The number of hydrogen-bond acceptors (Lipinski definition) is 4. The summed E-state index contributed by atoms with van der Waals surface area (Å²) in [4.78, 5) is 29.2. The van der Waals surface area contributed by atoms with Crippen LogP contribution in [-0.2, 0) is 14.3 Å². The SMILES string of the molecule is CCOC(N)=O.O=C(O)CCCC(=O)O. The molecule has 0 unspecified atom stereocenters. The highest BCUT2D eigenvalue weighted by atomic mass is 16.5. The van der Waals surface area contributed by atoms with Crippen LogP contribution < -0.4 is 5.73 Å². The number of primary amides is 1. The molecule has 0 saturated carbocycles. The molecule has 0 atom stereocenters. The molecule has 7 nitrogen and oxygen atoms in total. The second-order valence-corrected chi connectivity index (χ2v) is 2.39. The van der Waals surface area contributed by atoms with Crippen molar-refractivity contribution in [3.05, 3.63) is 0 Å². The normalized spacial score (nSPS) is 8.33. The van der Waals surface area contributed by atoms with E-state index < -0.39 is 18.0 Å². The summed E-state index contributed by atoms with van der Waals surface area (Å²) in [6, 6.07) is 0. The molecule has 0 bridgehead atoms. The van der Waals surface area contributed by atoms with Crippen molar-refractivity contribution in [1.29, 1.82) is 0 Å². The summed E-state index contributed by atoms with van der Waals surface area (Å²) in [5.74, 6) is -1.90. The van der Waals surface area contributed by atoms with Crippen LogP contribution >= 0.6 is 0 Å². The number of amides is 1. The second-order valence-electron chi connectivity index (χ2n) is 2.39. The lowest BCUT2D eigenvalue weighted by molar-refractivity contribution is -0.138. The van der Waals surface area contributed by atoms with E-state index >= 15 is 0 Å². The Labute approximate surface area is 86.8 Å². The molecule has 0 aromatic rings. The third-order valence-corrected chi connectivity index (χ3v) is 1.07. The summed E-state index contributed by atoms with van der Waals surface area (Å²) >= 11 is 0. The first-order valence-corrected chi connectivity index (χ1v) is 4.26. The average molecular weight is 221 g/mol. The van der Waals surface area contributed by atoms with Gasteiger partial charge in [0.1, 0.15) is 0 Å². The molecular weight excluding hydrogens is 206 g/mol. The topological polar surface area (TPSA) is 127 Å². The minimum absolute atomic E-state index is 0.0632. The maximum absolute atomic E-state index is 9.79. The maximum Gasteiger partial charge on any atom is 0.404 e. The molecule has 0 rings (SSSR count). The molecule has 0 spiro atoms. The van der Waals surface area contributed by atoms with E-state index in [9.17, 15) is 14.4 Å². The first kappa shape index (κ1) is 15.7. The van der Waals surface area contributed by atoms with Crippen LogP contribution in [0.5, 0.6) is 0 Å². The van der Waals surface area contributed by atoms with Crippen molar-refractivity contribution in [1.82, 2.24) is 0 Å². The standard InChI is InChI=1S/C5H8O4.C3H7NO2/c6-4(7)2-1-3-5(8)9;1-2-6-3(4)5/h1-3H2,(H,6,7)(H,8,9);2H2,1H3,(H2,4,5). The van der Waals surface area contributed by atoms with Crippen molar-refractivity contribution in [2.24, 2.45) is 5.73 Å². The van der Waals surface area contributed by atoms with Crippen LogP contribution in [0.4, 0.5) is 4.79 Å². The molecule has 0 radical (unpaired) electrons. The summed E-state index contributed by atoms with van der Waals surface area (Å²) in [5.41, 5.74) is 4.54. The smallest absolute Gasteiger partial charge is 0.404 e. The molecule has 88 valence electrons. The van der Waals surface area contributed by atoms with Gasteiger partial charge in [0.15, 0.2) is 0 Å². The summed E-state index contributed by atoms with van der Waals surface area (Å²) < 4.78 is 4.18. The number of rotatable bonds is 5. The molecular formula is C8H15NO6. The number of carbonyl (C=O) groups excluding carboxylic acids is 1. The van der Waals surface area contributed by atoms with Gasteiger partial charge in [-0.2, -0.15) is 0 Å². The summed E-state index contributed by atoms with van der Waals surface area (Å²) in [6.45, 7) is 2.06. The van der Waals surface area contributed by atoms with E-state index in [1.54, 1.807) is 6.92 Å². The number of aliphatic carboxylic acids is 2. The van der Waals surface area contributed by atoms with Gasteiger partial charge in [0.25, 0.3) is 0 Å². The van der Waals surface area contributed by atoms with Crippen LogP contribution in [0.3, 0.4) is 0 Å². The molecule has 0 aromatic carbocycles. The number of nitrogens with two attached hydrogens (primary N) is 1. The van der Waals surface area contributed by atoms with Gasteiger partial charge in [0, 0.05) is 12.8 Å². The van der Waals surface area contributed by atoms with Crippen molar-refractivity contribution in [3.8, 4) is 0 Å². The summed E-state index contributed by atoms with van der Waals surface area (Å²) in [6.07, 6.45) is -0.624. The van der Waals surface area contributed by atoms with Gasteiger partial charge in [-0.05, 0) is 13.3 Å². The van der Waals surface area contributed by atoms with E-state index in [-0.39, 0.29) is 19.3 Å². The Bertz CT molecular complexity index is 201. The Balaban J connectivity index is 0. The van der Waals surface area contributed by atoms with Gasteiger partial charge in [0.2, 0.25) is 0 Å². The third-order valence-electron chi connectivity index (χ3n) is 1.07. The maximum atomic E-state index is 9.79. The first-order valence-electron chi connectivity index (χ1n) is 4.26. The van der Waals surface area contributed by atoms with Crippen LogP contribution in [0, 0.1) is 0 Å². The van der Waals surface area contributed by atoms with Gasteiger partial charge < -0.3 is 20.7 Å². The minimum Gasteiger partial charge on any atom is -0.481 e. The van der Waals surface area contributed by atoms with Gasteiger partial charge in [0.05, 0.1) is 6.61 Å². The molecule has 0 fully saturated rings. The highest BCUT2D eigenvalue weighted by Crippen LogP contribution is 1.93. The van der Waals surface area contributed by atoms with Gasteiger partial charge in [-0.15, -0.1) is 0 Å². The molecule has 0 heterocycles. The lowest BCUT2D eigenvalue weighted by Gasteiger charge is -1.89. The molecule has 0 aliphatic heterocycles. The van der Waals surface area contributed by atoms with E-state index in [1.165, 1.54) is 0 Å². The Kier molecular flexibility index (Phi) is 10.8. The van der Waals surface area contributed by atoms with Crippen LogP contribution in [0.1, 0.15) is 26.2 Å². The number of carbonyl (C=O) groups is 3. The van der Waals surface area contributed by atoms with Gasteiger partial charge in [-0.1, -0.05) is 0 Å². The van der Waals surface area contributed by atoms with Gasteiger partial charge in [-0.3, -0.25) is 9.59 Å². The summed E-state index contributed by atoms with van der Waals surface area (Å²) in [7, 11) is 0. The van der Waals surface area contributed by atoms with Crippen LogP contribution in [0.15, 0.2) is 0 Å². The highest BCUT2D eigenvalue weighted by molar-refractivity contribution is 5.69. The highest BCUT2D eigenvalue weighted by Gasteiger charge is 1.99.